The molecule has 0 aliphatic carbocycles. The molecule has 25 heavy (non-hydrogen) atoms. The van der Waals surface area contributed by atoms with Gasteiger partial charge >= 0.3 is 0 Å². The summed E-state index contributed by atoms with van der Waals surface area (Å²) in [6.45, 7) is 1.15. The number of benzene rings is 2. The second-order valence-corrected chi connectivity index (χ2v) is 6.86. The maximum absolute atomic E-state index is 12.6. The Bertz CT molecular complexity index is 916. The van der Waals surface area contributed by atoms with Crippen molar-refractivity contribution in [1.82, 2.24) is 0 Å². The number of amides is 1. The summed E-state index contributed by atoms with van der Waals surface area (Å²) in [6, 6.07) is 15.3. The van der Waals surface area contributed by atoms with Gasteiger partial charge in [-0.25, -0.2) is 0 Å². The number of carbonyl (C=O) groups is 1. The Morgan fingerprint density at radius 2 is 2.00 bits per heavy atom. The van der Waals surface area contributed by atoms with Crippen LogP contribution in [-0.2, 0) is 13.0 Å². The number of anilines is 1. The maximum Gasteiger partial charge on any atom is 0.255 e. The minimum Gasteiger partial charge on any atom is -0.493 e. The van der Waals surface area contributed by atoms with E-state index in [1.165, 1.54) is 10.4 Å². The van der Waals surface area contributed by atoms with E-state index in [-0.39, 0.29) is 5.91 Å². The van der Waals surface area contributed by atoms with E-state index < -0.39 is 0 Å². The number of fused-ring (bicyclic) bond motifs is 3. The number of ether oxygens (including phenoxy) is 1. The Morgan fingerprint density at radius 3 is 2.80 bits per heavy atom. The molecule has 0 saturated heterocycles. The molecule has 4 nitrogen and oxygen atoms in total. The van der Waals surface area contributed by atoms with Gasteiger partial charge in [0.25, 0.3) is 5.91 Å². The molecule has 5 heteroatoms. The monoisotopic (exact) mass is 350 g/mol. The van der Waals surface area contributed by atoms with Crippen LogP contribution in [0.2, 0.25) is 0 Å². The van der Waals surface area contributed by atoms with Gasteiger partial charge in [-0.2, -0.15) is 0 Å². The molecule has 1 aromatic heterocycles. The first-order valence-corrected chi connectivity index (χ1v) is 9.06. The lowest BCUT2D eigenvalue weighted by Gasteiger charge is -2.10. The van der Waals surface area contributed by atoms with Crippen molar-refractivity contribution in [2.45, 2.75) is 13.0 Å². The largest absolute Gasteiger partial charge is 0.493 e. The Kier molecular flexibility index (Phi) is 4.26. The zero-order chi connectivity index (χ0) is 17.2. The molecule has 1 aliphatic rings. The van der Waals surface area contributed by atoms with Crippen LogP contribution in [0.25, 0.3) is 10.4 Å². The normalized spacial score (nSPS) is 12.5. The molecule has 0 spiro atoms. The Balaban J connectivity index is 1.62. The zero-order valence-electron chi connectivity index (χ0n) is 13.6. The number of hydrogen-bond acceptors (Lipinski definition) is 4. The number of rotatable bonds is 3. The highest BCUT2D eigenvalue weighted by Gasteiger charge is 2.18. The van der Waals surface area contributed by atoms with E-state index in [4.69, 9.17) is 10.5 Å². The van der Waals surface area contributed by atoms with Gasteiger partial charge in [0, 0.05) is 34.7 Å². The van der Waals surface area contributed by atoms with Gasteiger partial charge in [-0.3, -0.25) is 4.79 Å². The van der Waals surface area contributed by atoms with Crippen LogP contribution in [0.15, 0.2) is 53.9 Å². The SMILES string of the molecule is NCc1ccc(NC(=O)c2ccc3c(c2)-c2sccc2CCO3)cc1. The second-order valence-electron chi connectivity index (χ2n) is 5.94. The van der Waals surface area contributed by atoms with Crippen molar-refractivity contribution in [2.24, 2.45) is 5.73 Å². The minimum atomic E-state index is -0.134. The van der Waals surface area contributed by atoms with Crippen molar-refractivity contribution < 1.29 is 9.53 Å². The summed E-state index contributed by atoms with van der Waals surface area (Å²) in [5.74, 6) is 0.704. The topological polar surface area (TPSA) is 64.3 Å². The van der Waals surface area contributed by atoms with E-state index in [0.717, 1.165) is 29.0 Å². The van der Waals surface area contributed by atoms with Gasteiger partial charge in [-0.15, -0.1) is 11.3 Å². The van der Waals surface area contributed by atoms with E-state index >= 15 is 0 Å². The third kappa shape index (κ3) is 3.16. The Labute approximate surface area is 150 Å². The summed E-state index contributed by atoms with van der Waals surface area (Å²) in [4.78, 5) is 13.8. The highest BCUT2D eigenvalue weighted by molar-refractivity contribution is 7.13. The number of carbonyl (C=O) groups excluding carboxylic acids is 1. The summed E-state index contributed by atoms with van der Waals surface area (Å²) in [5, 5.41) is 5.02. The summed E-state index contributed by atoms with van der Waals surface area (Å²) in [6.07, 6.45) is 0.891. The summed E-state index contributed by atoms with van der Waals surface area (Å²) < 4.78 is 5.83. The molecule has 1 aliphatic heterocycles. The van der Waals surface area contributed by atoms with E-state index in [1.807, 2.05) is 36.4 Å². The number of nitrogens with two attached hydrogens (primary N) is 1. The third-order valence-electron chi connectivity index (χ3n) is 4.31. The van der Waals surface area contributed by atoms with Crippen LogP contribution in [0.5, 0.6) is 5.75 Å². The molecule has 0 unspecified atom stereocenters. The molecule has 3 aromatic rings. The van der Waals surface area contributed by atoms with Crippen molar-refractivity contribution in [3.63, 3.8) is 0 Å². The van der Waals surface area contributed by atoms with E-state index in [9.17, 15) is 4.79 Å². The molecule has 2 heterocycles. The van der Waals surface area contributed by atoms with Crippen molar-refractivity contribution >= 4 is 22.9 Å². The summed E-state index contributed by atoms with van der Waals surface area (Å²) >= 11 is 1.69. The molecule has 4 rings (SSSR count). The number of nitrogens with one attached hydrogen (secondary N) is 1. The van der Waals surface area contributed by atoms with E-state index in [0.29, 0.717) is 18.7 Å². The van der Waals surface area contributed by atoms with E-state index in [1.54, 1.807) is 17.4 Å². The molecular weight excluding hydrogens is 332 g/mol. The minimum absolute atomic E-state index is 0.134. The van der Waals surface area contributed by atoms with Crippen molar-refractivity contribution in [3.8, 4) is 16.2 Å². The lowest BCUT2D eigenvalue weighted by Crippen LogP contribution is -2.12. The van der Waals surface area contributed by atoms with Gasteiger partial charge in [-0.1, -0.05) is 12.1 Å². The fraction of sp³-hybridized carbons (Fsp3) is 0.150. The van der Waals surface area contributed by atoms with Crippen LogP contribution in [0.3, 0.4) is 0 Å². The number of hydrogen-bond donors (Lipinski definition) is 2. The van der Waals surface area contributed by atoms with Crippen molar-refractivity contribution in [2.75, 3.05) is 11.9 Å². The number of thiophene rings is 1. The predicted molar refractivity (Wildman–Crippen MR) is 101 cm³/mol. The average Bonchev–Trinajstić information content (AvgIpc) is 3.04. The smallest absolute Gasteiger partial charge is 0.255 e. The molecule has 3 N–H and O–H groups in total. The lowest BCUT2D eigenvalue weighted by molar-refractivity contribution is 0.102. The summed E-state index contributed by atoms with van der Waals surface area (Å²) in [5.41, 5.74) is 10.3. The fourth-order valence-corrected chi connectivity index (χ4v) is 3.92. The van der Waals surface area contributed by atoms with Crippen LogP contribution >= 0.6 is 11.3 Å². The van der Waals surface area contributed by atoms with Crippen LogP contribution in [0, 0.1) is 0 Å². The highest BCUT2D eigenvalue weighted by Crippen LogP contribution is 2.39. The van der Waals surface area contributed by atoms with Crippen molar-refractivity contribution in [3.05, 3.63) is 70.6 Å². The second kappa shape index (κ2) is 6.70. The van der Waals surface area contributed by atoms with Crippen LogP contribution in [0.1, 0.15) is 21.5 Å². The average molecular weight is 350 g/mol. The van der Waals surface area contributed by atoms with Gasteiger partial charge in [0.1, 0.15) is 5.75 Å². The van der Waals surface area contributed by atoms with Crippen LogP contribution in [0.4, 0.5) is 5.69 Å². The van der Waals surface area contributed by atoms with Crippen LogP contribution < -0.4 is 15.8 Å². The van der Waals surface area contributed by atoms with Gasteiger partial charge < -0.3 is 15.8 Å². The lowest BCUT2D eigenvalue weighted by atomic mass is 10.0. The first kappa shape index (κ1) is 15.9. The zero-order valence-corrected chi connectivity index (χ0v) is 14.4. The van der Waals surface area contributed by atoms with Gasteiger partial charge in [0.15, 0.2) is 0 Å². The standard InChI is InChI=1S/C20H18N2O2S/c21-12-13-1-4-16(5-2-13)22-20(23)15-3-6-18-17(11-15)19-14(7-9-24-18)8-10-25-19/h1-6,8,10-11H,7,9,12,21H2,(H,22,23). The van der Waals surface area contributed by atoms with Crippen LogP contribution in [-0.4, -0.2) is 12.5 Å². The molecule has 0 fully saturated rings. The van der Waals surface area contributed by atoms with Gasteiger partial charge in [0.2, 0.25) is 0 Å². The highest BCUT2D eigenvalue weighted by atomic mass is 32.1. The molecule has 0 atom stereocenters. The fourth-order valence-electron chi connectivity index (χ4n) is 2.94. The molecule has 2 aromatic carbocycles. The Hall–Kier alpha value is -2.63. The quantitative estimate of drug-likeness (QED) is 0.749. The Morgan fingerprint density at radius 1 is 1.16 bits per heavy atom. The molecule has 0 bridgehead atoms. The first-order chi connectivity index (χ1) is 12.2. The van der Waals surface area contributed by atoms with Crippen molar-refractivity contribution in [1.29, 1.82) is 0 Å². The van der Waals surface area contributed by atoms with Gasteiger partial charge in [0.05, 0.1) is 6.61 Å². The molecule has 0 radical (unpaired) electrons. The molecular formula is C20H18N2O2S. The maximum atomic E-state index is 12.6. The summed E-state index contributed by atoms with van der Waals surface area (Å²) in [7, 11) is 0. The molecule has 0 saturated carbocycles. The third-order valence-corrected chi connectivity index (χ3v) is 5.30. The van der Waals surface area contributed by atoms with Gasteiger partial charge in [-0.05, 0) is 52.9 Å². The molecule has 1 amide bonds. The molecule has 126 valence electrons. The van der Waals surface area contributed by atoms with E-state index in [2.05, 4.69) is 16.8 Å². The predicted octanol–water partition coefficient (Wildman–Crippen LogP) is 4.06. The first-order valence-electron chi connectivity index (χ1n) is 8.18.